The molecule has 1 aromatic carbocycles. The number of hydrogen-bond acceptors (Lipinski definition) is 3. The fourth-order valence-electron chi connectivity index (χ4n) is 2.45. The highest BCUT2D eigenvalue weighted by Crippen LogP contribution is 2.12. The third-order valence-corrected chi connectivity index (χ3v) is 3.52. The molecule has 5 nitrogen and oxygen atoms in total. The normalized spacial score (nSPS) is 18.1. The first-order valence-electron chi connectivity index (χ1n) is 6.88. The van der Waals surface area contributed by atoms with Gasteiger partial charge in [-0.1, -0.05) is 18.2 Å². The Kier molecular flexibility index (Phi) is 3.52. The molecule has 2 N–H and O–H groups in total. The van der Waals surface area contributed by atoms with Crippen molar-refractivity contribution >= 4 is 5.91 Å². The predicted octanol–water partition coefficient (Wildman–Crippen LogP) is 1.27. The Labute approximate surface area is 118 Å². The molecule has 1 aliphatic rings. The monoisotopic (exact) mass is 270 g/mol. The molecule has 0 bridgehead atoms. The smallest absolute Gasteiger partial charge is 0.272 e. The quantitative estimate of drug-likeness (QED) is 0.883. The van der Waals surface area contributed by atoms with Crippen LogP contribution in [0.5, 0.6) is 0 Å². The van der Waals surface area contributed by atoms with E-state index in [-0.39, 0.29) is 11.9 Å². The molecule has 3 rings (SSSR count). The van der Waals surface area contributed by atoms with Gasteiger partial charge in [0.25, 0.3) is 5.91 Å². The number of benzene rings is 1. The number of aryl methyl sites for hydroxylation is 1. The lowest BCUT2D eigenvalue weighted by molar-refractivity contribution is 0.0934. The number of rotatable bonds is 3. The lowest BCUT2D eigenvalue weighted by atomic mass is 10.2. The van der Waals surface area contributed by atoms with Gasteiger partial charge in [0.05, 0.1) is 5.69 Å². The van der Waals surface area contributed by atoms with Crippen molar-refractivity contribution in [3.63, 3.8) is 0 Å². The molecular weight excluding hydrogens is 252 g/mol. The van der Waals surface area contributed by atoms with Gasteiger partial charge in [-0.05, 0) is 38.1 Å². The van der Waals surface area contributed by atoms with E-state index in [1.54, 1.807) is 4.68 Å². The first-order valence-corrected chi connectivity index (χ1v) is 6.88. The summed E-state index contributed by atoms with van der Waals surface area (Å²) in [4.78, 5) is 12.2. The summed E-state index contributed by atoms with van der Waals surface area (Å²) in [5, 5.41) is 10.6. The molecule has 0 radical (unpaired) electrons. The van der Waals surface area contributed by atoms with Crippen LogP contribution in [-0.4, -0.2) is 34.8 Å². The van der Waals surface area contributed by atoms with Crippen molar-refractivity contribution in [3.8, 4) is 5.69 Å². The van der Waals surface area contributed by atoms with E-state index in [0.717, 1.165) is 30.9 Å². The number of carbonyl (C=O) groups excluding carboxylic acids is 1. The first kappa shape index (κ1) is 12.9. The number of aromatic nitrogens is 2. The van der Waals surface area contributed by atoms with E-state index in [9.17, 15) is 4.79 Å². The molecule has 1 atom stereocenters. The van der Waals surface area contributed by atoms with Gasteiger partial charge in [-0.2, -0.15) is 5.10 Å². The van der Waals surface area contributed by atoms with Crippen LogP contribution in [0, 0.1) is 6.92 Å². The van der Waals surface area contributed by atoms with Crippen LogP contribution in [0.15, 0.2) is 36.4 Å². The number of carbonyl (C=O) groups is 1. The van der Waals surface area contributed by atoms with Crippen LogP contribution in [0.2, 0.25) is 0 Å². The van der Waals surface area contributed by atoms with Gasteiger partial charge >= 0.3 is 0 Å². The number of para-hydroxylation sites is 1. The van der Waals surface area contributed by atoms with Crippen LogP contribution >= 0.6 is 0 Å². The van der Waals surface area contributed by atoms with Gasteiger partial charge in [0, 0.05) is 18.3 Å². The van der Waals surface area contributed by atoms with Crippen LogP contribution in [-0.2, 0) is 0 Å². The summed E-state index contributed by atoms with van der Waals surface area (Å²) < 4.78 is 1.79. The highest BCUT2D eigenvalue weighted by molar-refractivity contribution is 5.92. The molecule has 1 saturated heterocycles. The maximum Gasteiger partial charge on any atom is 0.272 e. The number of nitrogens with zero attached hydrogens (tertiary/aromatic N) is 2. The van der Waals surface area contributed by atoms with E-state index in [4.69, 9.17) is 0 Å². The van der Waals surface area contributed by atoms with Crippen molar-refractivity contribution < 1.29 is 4.79 Å². The molecule has 1 fully saturated rings. The molecule has 0 saturated carbocycles. The van der Waals surface area contributed by atoms with E-state index in [0.29, 0.717) is 5.69 Å². The van der Waals surface area contributed by atoms with Crippen molar-refractivity contribution in [2.45, 2.75) is 19.4 Å². The summed E-state index contributed by atoms with van der Waals surface area (Å²) >= 11 is 0. The Bertz CT molecular complexity index is 600. The fourth-order valence-corrected chi connectivity index (χ4v) is 2.45. The van der Waals surface area contributed by atoms with Crippen LogP contribution in [0.4, 0.5) is 0 Å². The Morgan fingerprint density at radius 1 is 1.40 bits per heavy atom. The highest BCUT2D eigenvalue weighted by atomic mass is 16.2. The molecule has 1 unspecified atom stereocenters. The topological polar surface area (TPSA) is 59.0 Å². The second-order valence-corrected chi connectivity index (χ2v) is 5.08. The number of nitrogens with one attached hydrogen (secondary N) is 2. The summed E-state index contributed by atoms with van der Waals surface area (Å²) in [6.45, 7) is 3.75. The molecule has 1 amide bonds. The van der Waals surface area contributed by atoms with Gasteiger partial charge in [0.15, 0.2) is 5.69 Å². The van der Waals surface area contributed by atoms with E-state index >= 15 is 0 Å². The van der Waals surface area contributed by atoms with E-state index in [2.05, 4.69) is 15.7 Å². The lowest BCUT2D eigenvalue weighted by Gasteiger charge is -2.09. The Hall–Kier alpha value is -2.14. The van der Waals surface area contributed by atoms with Gasteiger partial charge in [0.2, 0.25) is 0 Å². The number of hydrogen-bond donors (Lipinski definition) is 2. The van der Waals surface area contributed by atoms with Gasteiger partial charge in [-0.25, -0.2) is 4.68 Å². The van der Waals surface area contributed by atoms with Crippen LogP contribution in [0.3, 0.4) is 0 Å². The lowest BCUT2D eigenvalue weighted by Crippen LogP contribution is -2.36. The maximum atomic E-state index is 12.2. The zero-order valence-corrected chi connectivity index (χ0v) is 11.5. The van der Waals surface area contributed by atoms with Crippen LogP contribution in [0.25, 0.3) is 5.69 Å². The van der Waals surface area contributed by atoms with E-state index in [1.807, 2.05) is 43.3 Å². The van der Waals surface area contributed by atoms with Crippen molar-refractivity contribution in [2.75, 3.05) is 13.1 Å². The van der Waals surface area contributed by atoms with Gasteiger partial charge in [-0.3, -0.25) is 4.79 Å². The maximum absolute atomic E-state index is 12.2. The minimum Gasteiger partial charge on any atom is -0.347 e. The summed E-state index contributed by atoms with van der Waals surface area (Å²) in [6, 6.07) is 11.9. The van der Waals surface area contributed by atoms with Crippen molar-refractivity contribution in [1.82, 2.24) is 20.4 Å². The second kappa shape index (κ2) is 5.46. The first-order chi connectivity index (χ1) is 9.74. The second-order valence-electron chi connectivity index (χ2n) is 5.08. The van der Waals surface area contributed by atoms with Crippen molar-refractivity contribution in [2.24, 2.45) is 0 Å². The average molecular weight is 270 g/mol. The zero-order chi connectivity index (χ0) is 13.9. The molecule has 104 valence electrons. The Balaban J connectivity index is 1.79. The molecule has 0 aliphatic carbocycles. The summed E-state index contributed by atoms with van der Waals surface area (Å²) in [5.41, 5.74) is 2.38. The predicted molar refractivity (Wildman–Crippen MR) is 77.0 cm³/mol. The van der Waals surface area contributed by atoms with Gasteiger partial charge in [-0.15, -0.1) is 0 Å². The minimum absolute atomic E-state index is 0.100. The molecular formula is C15H18N4O. The summed E-state index contributed by atoms with van der Waals surface area (Å²) in [5.74, 6) is -0.100. The summed E-state index contributed by atoms with van der Waals surface area (Å²) in [7, 11) is 0. The molecule has 1 aliphatic heterocycles. The largest absolute Gasteiger partial charge is 0.347 e. The standard InChI is InChI=1S/C15H18N4O/c1-11-9-14(15(20)17-12-7-8-16-10-12)18-19(11)13-5-3-2-4-6-13/h2-6,9,12,16H,7-8,10H2,1H3,(H,17,20). The van der Waals surface area contributed by atoms with Crippen LogP contribution < -0.4 is 10.6 Å². The van der Waals surface area contributed by atoms with Crippen LogP contribution in [0.1, 0.15) is 22.6 Å². The molecule has 1 aromatic heterocycles. The van der Waals surface area contributed by atoms with Crippen molar-refractivity contribution in [1.29, 1.82) is 0 Å². The Morgan fingerprint density at radius 2 is 2.20 bits per heavy atom. The molecule has 2 heterocycles. The van der Waals surface area contributed by atoms with E-state index in [1.165, 1.54) is 0 Å². The zero-order valence-electron chi connectivity index (χ0n) is 11.5. The molecule has 2 aromatic rings. The molecule has 20 heavy (non-hydrogen) atoms. The SMILES string of the molecule is Cc1cc(C(=O)NC2CCNC2)nn1-c1ccccc1. The van der Waals surface area contributed by atoms with Crippen molar-refractivity contribution in [3.05, 3.63) is 47.8 Å². The number of amides is 1. The van der Waals surface area contributed by atoms with E-state index < -0.39 is 0 Å². The van der Waals surface area contributed by atoms with Gasteiger partial charge in [0.1, 0.15) is 0 Å². The average Bonchev–Trinajstić information content (AvgIpc) is 3.09. The van der Waals surface area contributed by atoms with Gasteiger partial charge < -0.3 is 10.6 Å². The molecule has 0 spiro atoms. The summed E-state index contributed by atoms with van der Waals surface area (Å²) in [6.07, 6.45) is 0.976. The highest BCUT2D eigenvalue weighted by Gasteiger charge is 2.19. The fraction of sp³-hybridized carbons (Fsp3) is 0.333. The molecule has 5 heteroatoms. The third-order valence-electron chi connectivity index (χ3n) is 3.52. The Morgan fingerprint density at radius 3 is 2.90 bits per heavy atom. The minimum atomic E-state index is -0.100. The third kappa shape index (κ3) is 2.58.